The summed E-state index contributed by atoms with van der Waals surface area (Å²) in [5.41, 5.74) is 3.35. The van der Waals surface area contributed by atoms with Gasteiger partial charge in [-0.05, 0) is 85.7 Å². The van der Waals surface area contributed by atoms with Gasteiger partial charge >= 0.3 is 0 Å². The number of aliphatic hydroxyl groups is 1. The molecule has 0 bridgehead atoms. The monoisotopic (exact) mass is 502 g/mol. The van der Waals surface area contributed by atoms with Crippen molar-refractivity contribution in [3.63, 3.8) is 0 Å². The lowest BCUT2D eigenvalue weighted by Crippen LogP contribution is -2.47. The summed E-state index contributed by atoms with van der Waals surface area (Å²) >= 11 is 0. The molecule has 2 aliphatic rings. The number of piperazine rings is 1. The Bertz CT molecular complexity index is 737. The average Bonchev–Trinajstić information content (AvgIpc) is 2.90. The number of aromatic nitrogens is 1. The minimum Gasteiger partial charge on any atom is -0.392 e. The normalized spacial score (nSPS) is 18.4. The fourth-order valence-corrected chi connectivity index (χ4v) is 4.05. The van der Waals surface area contributed by atoms with Crippen molar-refractivity contribution in [2.45, 2.75) is 53.0 Å². The van der Waals surface area contributed by atoms with Crippen molar-refractivity contribution >= 4 is 6.72 Å². The number of fused-ring (bicyclic) bond motifs is 1. The van der Waals surface area contributed by atoms with Crippen molar-refractivity contribution in [2.24, 2.45) is 4.99 Å². The van der Waals surface area contributed by atoms with Crippen molar-refractivity contribution in [1.29, 1.82) is 0 Å². The van der Waals surface area contributed by atoms with Crippen LogP contribution in [-0.2, 0) is 6.42 Å². The van der Waals surface area contributed by atoms with E-state index >= 15 is 0 Å². The lowest BCUT2D eigenvalue weighted by Gasteiger charge is -2.33. The fraction of sp³-hybridized carbons (Fsp3) is 0.655. The zero-order chi connectivity index (χ0) is 27.3. The average molecular weight is 503 g/mol. The van der Waals surface area contributed by atoms with Gasteiger partial charge in [0.25, 0.3) is 0 Å². The molecule has 1 N–H and O–H groups in total. The third-order valence-electron chi connectivity index (χ3n) is 6.05. The Morgan fingerprint density at radius 2 is 1.81 bits per heavy atom. The minimum absolute atomic E-state index is 0.00168. The minimum atomic E-state index is 0.00168. The van der Waals surface area contributed by atoms with Gasteiger partial charge in [0.05, 0.1) is 30.7 Å². The van der Waals surface area contributed by atoms with Crippen molar-refractivity contribution in [1.82, 2.24) is 24.6 Å². The van der Waals surface area contributed by atoms with Gasteiger partial charge in [0, 0.05) is 38.9 Å². The highest BCUT2D eigenvalue weighted by atomic mass is 16.2. The van der Waals surface area contributed by atoms with E-state index in [9.17, 15) is 0 Å². The summed E-state index contributed by atoms with van der Waals surface area (Å²) in [6.07, 6.45) is 11.0. The summed E-state index contributed by atoms with van der Waals surface area (Å²) in [5, 5.41) is 8.95. The molecule has 0 radical (unpaired) electrons. The Labute approximate surface area is 222 Å². The highest BCUT2D eigenvalue weighted by molar-refractivity contribution is 5.30. The summed E-state index contributed by atoms with van der Waals surface area (Å²) in [6.45, 7) is 18.2. The van der Waals surface area contributed by atoms with E-state index in [-0.39, 0.29) is 6.61 Å². The van der Waals surface area contributed by atoms with E-state index in [2.05, 4.69) is 70.6 Å². The maximum absolute atomic E-state index is 8.95. The highest BCUT2D eigenvalue weighted by Gasteiger charge is 2.25. The van der Waals surface area contributed by atoms with Gasteiger partial charge in [-0.3, -0.25) is 24.7 Å². The van der Waals surface area contributed by atoms with E-state index in [0.717, 1.165) is 25.2 Å². The zero-order valence-corrected chi connectivity index (χ0v) is 24.5. The van der Waals surface area contributed by atoms with Crippen LogP contribution in [0.25, 0.3) is 0 Å². The molecule has 1 fully saturated rings. The SMILES string of the molecule is C/C=C\C.C=N/C(=C/CO)CN(C)C1CCCc2cccnc21.CC.CN(C)CN1CCN(C)CC1. The van der Waals surface area contributed by atoms with Crippen LogP contribution in [-0.4, -0.2) is 111 Å². The van der Waals surface area contributed by atoms with Crippen LogP contribution < -0.4 is 0 Å². The molecule has 1 aromatic heterocycles. The maximum Gasteiger partial charge on any atom is 0.0633 e. The van der Waals surface area contributed by atoms with Crippen LogP contribution in [0.5, 0.6) is 0 Å². The third kappa shape index (κ3) is 14.0. The topological polar surface area (TPSA) is 58.4 Å². The quantitative estimate of drug-likeness (QED) is 0.442. The van der Waals surface area contributed by atoms with E-state index in [0.29, 0.717) is 12.6 Å². The Kier molecular flexibility index (Phi) is 20.1. The molecular formula is C29H54N6O. The van der Waals surface area contributed by atoms with Crippen LogP contribution in [0.4, 0.5) is 0 Å². The number of aliphatic hydroxyl groups excluding tert-OH is 1. The van der Waals surface area contributed by atoms with Crippen LogP contribution in [0.3, 0.4) is 0 Å². The largest absolute Gasteiger partial charge is 0.392 e. The molecule has 0 amide bonds. The maximum atomic E-state index is 8.95. The van der Waals surface area contributed by atoms with Gasteiger partial charge in [-0.1, -0.05) is 32.1 Å². The van der Waals surface area contributed by atoms with Crippen LogP contribution in [0.1, 0.15) is 57.8 Å². The lowest BCUT2D eigenvalue weighted by molar-refractivity contribution is 0.108. The number of hydrogen-bond acceptors (Lipinski definition) is 7. The van der Waals surface area contributed by atoms with E-state index in [1.54, 1.807) is 6.08 Å². The molecule has 7 nitrogen and oxygen atoms in total. The molecule has 7 heteroatoms. The number of aryl methyl sites for hydroxylation is 1. The van der Waals surface area contributed by atoms with Gasteiger partial charge in [-0.2, -0.15) is 0 Å². The molecule has 2 heterocycles. The highest BCUT2D eigenvalue weighted by Crippen LogP contribution is 2.32. The Balaban J connectivity index is 0.000000609. The number of pyridine rings is 1. The summed E-state index contributed by atoms with van der Waals surface area (Å²) in [7, 11) is 8.51. The molecule has 3 rings (SSSR count). The first-order chi connectivity index (χ1) is 17.4. The fourth-order valence-electron chi connectivity index (χ4n) is 4.05. The standard InChI is InChI=1S/C15H21N3O.C8H19N3.C4H8.C2H6/c1-16-13(8-10-19)11-18(2)14-7-3-5-12-6-4-9-17-15(12)14;1-9(2)8-11-6-4-10(3)5-7-11;1-3-4-2;1-2/h4,6,8-9,14,19H,1,3,5,7,10-11H2,2H3;4-8H2,1-3H3;3-4H,1-2H3;1-2H3/b13-8+;;4-3-;. The van der Waals surface area contributed by atoms with Crippen molar-refractivity contribution in [3.05, 3.63) is 53.5 Å². The first-order valence-electron chi connectivity index (χ1n) is 13.4. The Hall–Kier alpha value is -1.90. The zero-order valence-electron chi connectivity index (χ0n) is 24.5. The lowest BCUT2D eigenvalue weighted by atomic mass is 9.91. The Morgan fingerprint density at radius 1 is 1.17 bits per heavy atom. The second-order valence-electron chi connectivity index (χ2n) is 9.22. The molecular weight excluding hydrogens is 448 g/mol. The van der Waals surface area contributed by atoms with Gasteiger partial charge in [-0.15, -0.1) is 0 Å². The second-order valence-corrected chi connectivity index (χ2v) is 9.22. The van der Waals surface area contributed by atoms with E-state index in [1.165, 1.54) is 43.9 Å². The predicted molar refractivity (Wildman–Crippen MR) is 157 cm³/mol. The van der Waals surface area contributed by atoms with Gasteiger partial charge in [0.2, 0.25) is 0 Å². The van der Waals surface area contributed by atoms with Gasteiger partial charge in [0.1, 0.15) is 0 Å². The summed E-state index contributed by atoms with van der Waals surface area (Å²) in [5.74, 6) is 0. The van der Waals surface area contributed by atoms with Crippen LogP contribution in [0.2, 0.25) is 0 Å². The van der Waals surface area contributed by atoms with Gasteiger partial charge in [0.15, 0.2) is 0 Å². The summed E-state index contributed by atoms with van der Waals surface area (Å²) in [6, 6.07) is 4.50. The van der Waals surface area contributed by atoms with E-state index in [4.69, 9.17) is 5.11 Å². The number of hydrogen-bond donors (Lipinski definition) is 1. The van der Waals surface area contributed by atoms with Crippen LogP contribution >= 0.6 is 0 Å². The summed E-state index contributed by atoms with van der Waals surface area (Å²) in [4.78, 5) is 17.8. The number of nitrogens with zero attached hydrogens (tertiary/aromatic N) is 6. The number of likely N-dealkylation sites (N-methyl/N-ethyl adjacent to an activating group) is 2. The molecule has 1 aliphatic carbocycles. The van der Waals surface area contributed by atoms with E-state index < -0.39 is 0 Å². The smallest absolute Gasteiger partial charge is 0.0633 e. The molecule has 1 aromatic rings. The van der Waals surface area contributed by atoms with Crippen molar-refractivity contribution < 1.29 is 5.11 Å². The number of rotatable bonds is 7. The molecule has 1 unspecified atom stereocenters. The molecule has 36 heavy (non-hydrogen) atoms. The van der Waals surface area contributed by atoms with Crippen molar-refractivity contribution in [3.8, 4) is 0 Å². The molecule has 1 aliphatic heterocycles. The van der Waals surface area contributed by atoms with Crippen molar-refractivity contribution in [2.75, 3.05) is 74.2 Å². The molecule has 0 spiro atoms. The molecule has 1 saturated heterocycles. The third-order valence-corrected chi connectivity index (χ3v) is 6.05. The van der Waals surface area contributed by atoms with Crippen LogP contribution in [0, 0.1) is 0 Å². The molecule has 1 atom stereocenters. The van der Waals surface area contributed by atoms with E-state index in [1.807, 2.05) is 52.1 Å². The molecule has 206 valence electrons. The number of aliphatic imine (C=N–C) groups is 1. The number of allylic oxidation sites excluding steroid dienone is 2. The predicted octanol–water partition coefficient (Wildman–Crippen LogP) is 4.33. The molecule has 0 aromatic carbocycles. The summed E-state index contributed by atoms with van der Waals surface area (Å²) < 4.78 is 0. The van der Waals surface area contributed by atoms with Gasteiger partial charge in [-0.25, -0.2) is 0 Å². The molecule has 0 saturated carbocycles. The first kappa shape index (κ1) is 34.1. The second kappa shape index (κ2) is 21.2. The van der Waals surface area contributed by atoms with Crippen LogP contribution in [0.15, 0.2) is 47.2 Å². The first-order valence-corrected chi connectivity index (χ1v) is 13.4. The van der Waals surface area contributed by atoms with Gasteiger partial charge < -0.3 is 10.0 Å². The Morgan fingerprint density at radius 3 is 2.33 bits per heavy atom.